The van der Waals surface area contributed by atoms with Crippen LogP contribution < -0.4 is 4.90 Å². The monoisotopic (exact) mass is 489 g/mol. The van der Waals surface area contributed by atoms with Crippen molar-refractivity contribution in [2.75, 3.05) is 37.6 Å². The molecule has 0 N–H and O–H groups in total. The number of hydrogen-bond acceptors (Lipinski definition) is 5. The molecule has 0 saturated carbocycles. The SMILES string of the molecule is CCN1C(=O)c2ccccc2S(=O)(=O)c2ccc(C(=O)N3CCN(Cc4ccccc4)CC3)cc21. The van der Waals surface area contributed by atoms with Gasteiger partial charge >= 0.3 is 0 Å². The Morgan fingerprint density at radius 2 is 1.54 bits per heavy atom. The lowest BCUT2D eigenvalue weighted by Crippen LogP contribution is -2.48. The summed E-state index contributed by atoms with van der Waals surface area (Å²) in [7, 11) is -3.91. The summed E-state index contributed by atoms with van der Waals surface area (Å²) in [5, 5.41) is 0. The maximum atomic E-state index is 13.4. The highest BCUT2D eigenvalue weighted by Crippen LogP contribution is 2.37. The molecule has 1 fully saturated rings. The highest BCUT2D eigenvalue weighted by molar-refractivity contribution is 7.91. The Balaban J connectivity index is 1.40. The number of nitrogens with zero attached hydrogens (tertiary/aromatic N) is 3. The van der Waals surface area contributed by atoms with Crippen molar-refractivity contribution in [2.24, 2.45) is 0 Å². The first kappa shape index (κ1) is 23.3. The lowest BCUT2D eigenvalue weighted by atomic mass is 10.1. The van der Waals surface area contributed by atoms with E-state index in [0.29, 0.717) is 18.7 Å². The van der Waals surface area contributed by atoms with Crippen molar-refractivity contribution in [1.29, 1.82) is 0 Å². The van der Waals surface area contributed by atoms with Crippen LogP contribution in [0.5, 0.6) is 0 Å². The summed E-state index contributed by atoms with van der Waals surface area (Å²) in [4.78, 5) is 32.2. The third-order valence-electron chi connectivity index (χ3n) is 6.66. The summed E-state index contributed by atoms with van der Waals surface area (Å²) >= 11 is 0. The Labute approximate surface area is 205 Å². The smallest absolute Gasteiger partial charge is 0.259 e. The van der Waals surface area contributed by atoms with E-state index in [1.54, 1.807) is 36.1 Å². The van der Waals surface area contributed by atoms with Crippen molar-refractivity contribution in [2.45, 2.75) is 23.3 Å². The molecular weight excluding hydrogens is 462 g/mol. The molecule has 2 amide bonds. The number of piperazine rings is 1. The summed E-state index contributed by atoms with van der Waals surface area (Å²) < 4.78 is 26.8. The van der Waals surface area contributed by atoms with Crippen LogP contribution in [0, 0.1) is 0 Å². The van der Waals surface area contributed by atoms with Crippen LogP contribution in [0.1, 0.15) is 33.2 Å². The van der Waals surface area contributed by atoms with E-state index in [2.05, 4.69) is 17.0 Å². The normalized spacial score (nSPS) is 17.5. The van der Waals surface area contributed by atoms with Crippen molar-refractivity contribution < 1.29 is 18.0 Å². The molecule has 0 aliphatic carbocycles. The molecule has 0 spiro atoms. The first-order chi connectivity index (χ1) is 16.9. The zero-order valence-electron chi connectivity index (χ0n) is 19.6. The van der Waals surface area contributed by atoms with Crippen molar-refractivity contribution >= 4 is 27.3 Å². The van der Waals surface area contributed by atoms with Crippen LogP contribution in [0.15, 0.2) is 82.6 Å². The summed E-state index contributed by atoms with van der Waals surface area (Å²) in [6, 6.07) is 21.1. The lowest BCUT2D eigenvalue weighted by Gasteiger charge is -2.35. The quantitative estimate of drug-likeness (QED) is 0.561. The van der Waals surface area contributed by atoms with E-state index in [9.17, 15) is 18.0 Å². The molecule has 0 unspecified atom stereocenters. The summed E-state index contributed by atoms with van der Waals surface area (Å²) in [5.41, 5.74) is 2.02. The van der Waals surface area contributed by atoms with Gasteiger partial charge in [-0.25, -0.2) is 8.42 Å². The minimum Gasteiger partial charge on any atom is -0.336 e. The molecule has 180 valence electrons. The average Bonchev–Trinajstić information content (AvgIpc) is 2.96. The maximum Gasteiger partial charge on any atom is 0.259 e. The van der Waals surface area contributed by atoms with Gasteiger partial charge in [-0.2, -0.15) is 0 Å². The number of carbonyl (C=O) groups excluding carboxylic acids is 2. The fourth-order valence-electron chi connectivity index (χ4n) is 4.79. The fourth-order valence-corrected chi connectivity index (χ4v) is 6.42. The van der Waals surface area contributed by atoms with E-state index in [1.807, 2.05) is 18.2 Å². The van der Waals surface area contributed by atoms with Gasteiger partial charge in [0.25, 0.3) is 11.8 Å². The Morgan fingerprint density at radius 3 is 2.26 bits per heavy atom. The second-order valence-electron chi connectivity index (χ2n) is 8.79. The first-order valence-corrected chi connectivity index (χ1v) is 13.2. The van der Waals surface area contributed by atoms with Gasteiger partial charge in [-0.1, -0.05) is 42.5 Å². The van der Waals surface area contributed by atoms with E-state index in [0.717, 1.165) is 19.6 Å². The average molecular weight is 490 g/mol. The Hall–Kier alpha value is -3.49. The van der Waals surface area contributed by atoms with Gasteiger partial charge in [0.15, 0.2) is 0 Å². The van der Waals surface area contributed by atoms with Gasteiger partial charge in [0.05, 0.1) is 21.0 Å². The highest BCUT2D eigenvalue weighted by Gasteiger charge is 2.35. The fraction of sp³-hybridized carbons (Fsp3) is 0.259. The van der Waals surface area contributed by atoms with Gasteiger partial charge in [0.1, 0.15) is 0 Å². The third-order valence-corrected chi connectivity index (χ3v) is 8.52. The Bertz CT molecular complexity index is 1380. The second-order valence-corrected chi connectivity index (χ2v) is 10.7. The number of anilines is 1. The predicted octanol–water partition coefficient (Wildman–Crippen LogP) is 3.46. The van der Waals surface area contributed by atoms with E-state index >= 15 is 0 Å². The standard InChI is InChI=1S/C27H27N3O4S/c1-2-30-23-18-21(12-13-25(23)35(33,34)24-11-7-6-10-22(24)27(30)32)26(31)29-16-14-28(15-17-29)19-20-8-4-3-5-9-20/h3-13,18H,2,14-17,19H2,1H3. The minimum atomic E-state index is -3.91. The molecule has 0 aromatic heterocycles. The Kier molecular flexibility index (Phi) is 6.17. The number of hydrogen-bond donors (Lipinski definition) is 0. The van der Waals surface area contributed by atoms with E-state index in [-0.39, 0.29) is 39.4 Å². The molecule has 3 aromatic rings. The van der Waals surface area contributed by atoms with Gasteiger partial charge in [-0.3, -0.25) is 14.5 Å². The van der Waals surface area contributed by atoms with Crippen LogP contribution in [0.4, 0.5) is 5.69 Å². The van der Waals surface area contributed by atoms with E-state index < -0.39 is 9.84 Å². The molecule has 0 atom stereocenters. The summed E-state index contributed by atoms with van der Waals surface area (Å²) in [6.45, 7) is 5.61. The molecule has 2 aliphatic rings. The molecule has 0 radical (unpaired) electrons. The zero-order valence-corrected chi connectivity index (χ0v) is 20.4. The van der Waals surface area contributed by atoms with Crippen molar-refractivity contribution in [3.05, 3.63) is 89.5 Å². The van der Waals surface area contributed by atoms with Crippen molar-refractivity contribution in [1.82, 2.24) is 9.80 Å². The van der Waals surface area contributed by atoms with Gasteiger partial charge in [0.2, 0.25) is 9.84 Å². The van der Waals surface area contributed by atoms with Gasteiger partial charge in [-0.15, -0.1) is 0 Å². The van der Waals surface area contributed by atoms with E-state index in [4.69, 9.17) is 0 Å². The zero-order chi connectivity index (χ0) is 24.6. The summed E-state index contributed by atoms with van der Waals surface area (Å²) in [6.07, 6.45) is 0. The van der Waals surface area contributed by atoms with Crippen molar-refractivity contribution in [3.8, 4) is 0 Å². The number of sulfone groups is 1. The van der Waals surface area contributed by atoms with Crippen LogP contribution in [-0.2, 0) is 16.4 Å². The number of benzene rings is 3. The van der Waals surface area contributed by atoms with Gasteiger partial charge in [0, 0.05) is 44.8 Å². The molecular formula is C27H27N3O4S. The van der Waals surface area contributed by atoms with Crippen LogP contribution in [0.2, 0.25) is 0 Å². The molecule has 35 heavy (non-hydrogen) atoms. The molecule has 3 aromatic carbocycles. The molecule has 1 saturated heterocycles. The molecule has 7 nitrogen and oxygen atoms in total. The summed E-state index contributed by atoms with van der Waals surface area (Å²) in [5.74, 6) is -0.542. The Morgan fingerprint density at radius 1 is 0.857 bits per heavy atom. The maximum absolute atomic E-state index is 13.4. The van der Waals surface area contributed by atoms with Crippen LogP contribution in [0.25, 0.3) is 0 Å². The molecule has 5 rings (SSSR count). The first-order valence-electron chi connectivity index (χ1n) is 11.8. The molecule has 0 bridgehead atoms. The largest absolute Gasteiger partial charge is 0.336 e. The number of carbonyl (C=O) groups is 2. The number of fused-ring (bicyclic) bond motifs is 2. The van der Waals surface area contributed by atoms with Crippen LogP contribution in [0.3, 0.4) is 0 Å². The second kappa shape index (κ2) is 9.28. The van der Waals surface area contributed by atoms with E-state index in [1.165, 1.54) is 28.7 Å². The van der Waals surface area contributed by atoms with Crippen LogP contribution >= 0.6 is 0 Å². The van der Waals surface area contributed by atoms with Gasteiger partial charge < -0.3 is 9.80 Å². The molecule has 2 aliphatic heterocycles. The topological polar surface area (TPSA) is 78.0 Å². The number of rotatable bonds is 4. The van der Waals surface area contributed by atoms with Gasteiger partial charge in [-0.05, 0) is 42.8 Å². The van der Waals surface area contributed by atoms with Crippen molar-refractivity contribution in [3.63, 3.8) is 0 Å². The lowest BCUT2D eigenvalue weighted by molar-refractivity contribution is 0.0628. The number of amides is 2. The highest BCUT2D eigenvalue weighted by atomic mass is 32.2. The molecule has 2 heterocycles. The third kappa shape index (κ3) is 4.24. The van der Waals surface area contributed by atoms with Crippen LogP contribution in [-0.4, -0.2) is 62.8 Å². The predicted molar refractivity (Wildman–Crippen MR) is 133 cm³/mol. The molecule has 8 heteroatoms. The minimum absolute atomic E-state index is 0.00388.